The number of nitrogens with zero attached hydrogens (tertiary/aromatic N) is 2. The highest BCUT2D eigenvalue weighted by Crippen LogP contribution is 2.36. The van der Waals surface area contributed by atoms with Crippen LogP contribution >= 0.6 is 11.3 Å². The topological polar surface area (TPSA) is 61.8 Å². The molecule has 0 spiro atoms. The molecule has 1 aliphatic heterocycles. The summed E-state index contributed by atoms with van der Waals surface area (Å²) < 4.78 is 0. The zero-order valence-corrected chi connectivity index (χ0v) is 15.7. The quantitative estimate of drug-likeness (QED) is 0.665. The number of hydrogen-bond donors (Lipinski definition) is 1. The van der Waals surface area contributed by atoms with Crippen LogP contribution in [0.15, 0.2) is 41.4 Å². The van der Waals surface area contributed by atoms with E-state index >= 15 is 0 Å². The van der Waals surface area contributed by atoms with Gasteiger partial charge in [0.15, 0.2) is 0 Å². The summed E-state index contributed by atoms with van der Waals surface area (Å²) in [6, 6.07) is 9.69. The first-order chi connectivity index (χ1) is 12.6. The Balaban J connectivity index is 1.80. The highest BCUT2D eigenvalue weighted by atomic mass is 32.1. The SMILES string of the molecule is CN=Cc1c(NC(=O)/C=C/c2ccccc2)sc2c1CCN(C(C)=O)C2. The van der Waals surface area contributed by atoms with Crippen LogP contribution in [-0.4, -0.2) is 36.5 Å². The predicted molar refractivity (Wildman–Crippen MR) is 107 cm³/mol. The molecule has 1 aliphatic rings. The maximum Gasteiger partial charge on any atom is 0.249 e. The van der Waals surface area contributed by atoms with Crippen molar-refractivity contribution < 1.29 is 9.59 Å². The normalized spacial score (nSPS) is 14.0. The van der Waals surface area contributed by atoms with E-state index in [9.17, 15) is 9.59 Å². The molecule has 134 valence electrons. The van der Waals surface area contributed by atoms with Gasteiger partial charge in [-0.2, -0.15) is 0 Å². The van der Waals surface area contributed by atoms with Crippen LogP contribution in [0.1, 0.15) is 28.5 Å². The van der Waals surface area contributed by atoms with E-state index in [2.05, 4.69) is 10.3 Å². The largest absolute Gasteiger partial charge is 0.337 e. The molecule has 5 nitrogen and oxygen atoms in total. The standard InChI is InChI=1S/C20H21N3O2S/c1-14(24)23-11-10-16-17(12-21-2)20(26-18(16)13-23)22-19(25)9-8-15-6-4-3-5-7-15/h3-9,12H,10-11,13H2,1-2H3,(H,22,25)/b9-8+,21-12?. The summed E-state index contributed by atoms with van der Waals surface area (Å²) in [5.74, 6) is -0.104. The molecule has 0 unspecified atom stereocenters. The molecule has 26 heavy (non-hydrogen) atoms. The minimum Gasteiger partial charge on any atom is -0.337 e. The first kappa shape index (κ1) is 18.1. The van der Waals surface area contributed by atoms with Gasteiger partial charge in [0.2, 0.25) is 11.8 Å². The Hall–Kier alpha value is -2.73. The Kier molecular flexibility index (Phi) is 5.63. The van der Waals surface area contributed by atoms with Gasteiger partial charge in [0.25, 0.3) is 0 Å². The van der Waals surface area contributed by atoms with Crippen molar-refractivity contribution in [3.8, 4) is 0 Å². The van der Waals surface area contributed by atoms with Gasteiger partial charge in [-0.05, 0) is 23.6 Å². The van der Waals surface area contributed by atoms with Crippen molar-refractivity contribution in [3.63, 3.8) is 0 Å². The Morgan fingerprint density at radius 2 is 2.04 bits per heavy atom. The van der Waals surface area contributed by atoms with E-state index in [-0.39, 0.29) is 11.8 Å². The van der Waals surface area contributed by atoms with Crippen LogP contribution in [0, 0.1) is 0 Å². The molecular formula is C20H21N3O2S. The fourth-order valence-electron chi connectivity index (χ4n) is 2.94. The number of benzene rings is 1. The van der Waals surface area contributed by atoms with Crippen molar-refractivity contribution in [2.75, 3.05) is 18.9 Å². The van der Waals surface area contributed by atoms with E-state index in [0.717, 1.165) is 27.4 Å². The van der Waals surface area contributed by atoms with Gasteiger partial charge in [0, 0.05) is 43.2 Å². The molecule has 2 heterocycles. The lowest BCUT2D eigenvalue weighted by Crippen LogP contribution is -2.33. The zero-order valence-electron chi connectivity index (χ0n) is 14.9. The van der Waals surface area contributed by atoms with E-state index in [1.165, 1.54) is 23.0 Å². The Labute approximate surface area is 157 Å². The van der Waals surface area contributed by atoms with Gasteiger partial charge >= 0.3 is 0 Å². The molecule has 0 saturated carbocycles. The molecule has 6 heteroatoms. The second-order valence-electron chi connectivity index (χ2n) is 6.06. The van der Waals surface area contributed by atoms with E-state index in [0.29, 0.717) is 13.1 Å². The second kappa shape index (κ2) is 8.10. The third kappa shape index (κ3) is 4.08. The van der Waals surface area contributed by atoms with Gasteiger partial charge in [-0.3, -0.25) is 14.6 Å². The van der Waals surface area contributed by atoms with E-state index < -0.39 is 0 Å². The summed E-state index contributed by atoms with van der Waals surface area (Å²) in [5, 5.41) is 3.75. The number of rotatable bonds is 4. The van der Waals surface area contributed by atoms with Gasteiger partial charge < -0.3 is 10.2 Å². The summed E-state index contributed by atoms with van der Waals surface area (Å²) in [7, 11) is 1.72. The van der Waals surface area contributed by atoms with Gasteiger partial charge in [-0.15, -0.1) is 11.3 Å². The van der Waals surface area contributed by atoms with Gasteiger partial charge in [0.05, 0.1) is 6.54 Å². The maximum absolute atomic E-state index is 12.3. The number of carbonyl (C=O) groups is 2. The monoisotopic (exact) mass is 367 g/mol. The summed E-state index contributed by atoms with van der Waals surface area (Å²) in [4.78, 5) is 31.1. The average molecular weight is 367 g/mol. The van der Waals surface area contributed by atoms with Gasteiger partial charge in [0.1, 0.15) is 5.00 Å². The Bertz CT molecular complexity index is 869. The molecule has 2 amide bonds. The summed E-state index contributed by atoms with van der Waals surface area (Å²) in [5.41, 5.74) is 3.11. The number of carbonyl (C=O) groups excluding carboxylic acids is 2. The number of nitrogens with one attached hydrogen (secondary N) is 1. The number of amides is 2. The fraction of sp³-hybridized carbons (Fsp3) is 0.250. The van der Waals surface area contributed by atoms with E-state index in [1.807, 2.05) is 35.2 Å². The third-order valence-corrected chi connectivity index (χ3v) is 5.41. The molecule has 1 aromatic carbocycles. The number of aliphatic imine (C=N–C) groups is 1. The third-order valence-electron chi connectivity index (χ3n) is 4.26. The molecule has 2 aromatic rings. The molecule has 0 radical (unpaired) electrons. The van der Waals surface area contributed by atoms with Crippen LogP contribution in [-0.2, 0) is 22.6 Å². The minimum atomic E-state index is -0.179. The highest BCUT2D eigenvalue weighted by Gasteiger charge is 2.25. The maximum atomic E-state index is 12.3. The molecular weight excluding hydrogens is 346 g/mol. The smallest absolute Gasteiger partial charge is 0.249 e. The van der Waals surface area contributed by atoms with Crippen molar-refractivity contribution >= 4 is 40.4 Å². The Morgan fingerprint density at radius 3 is 2.73 bits per heavy atom. The van der Waals surface area contributed by atoms with Crippen molar-refractivity contribution in [2.45, 2.75) is 19.9 Å². The molecule has 3 rings (SSSR count). The number of thiophene rings is 1. The second-order valence-corrected chi connectivity index (χ2v) is 7.16. The fourth-order valence-corrected chi connectivity index (χ4v) is 4.18. The lowest BCUT2D eigenvalue weighted by Gasteiger charge is -2.25. The van der Waals surface area contributed by atoms with Crippen LogP contribution in [0.2, 0.25) is 0 Å². The first-order valence-corrected chi connectivity index (χ1v) is 9.26. The van der Waals surface area contributed by atoms with Gasteiger partial charge in [-0.1, -0.05) is 30.3 Å². The van der Waals surface area contributed by atoms with Crippen LogP contribution in [0.25, 0.3) is 6.08 Å². The molecule has 1 N–H and O–H groups in total. The summed E-state index contributed by atoms with van der Waals surface area (Å²) in [6.07, 6.45) is 5.88. The first-order valence-electron chi connectivity index (χ1n) is 8.45. The number of fused-ring (bicyclic) bond motifs is 1. The lowest BCUT2D eigenvalue weighted by molar-refractivity contribution is -0.129. The molecule has 1 aromatic heterocycles. The molecule has 0 saturated heterocycles. The highest BCUT2D eigenvalue weighted by molar-refractivity contribution is 7.17. The van der Waals surface area contributed by atoms with Crippen molar-refractivity contribution in [1.82, 2.24) is 4.90 Å². The van der Waals surface area contributed by atoms with Crippen molar-refractivity contribution in [2.24, 2.45) is 4.99 Å². The van der Waals surface area contributed by atoms with Crippen molar-refractivity contribution in [1.29, 1.82) is 0 Å². The van der Waals surface area contributed by atoms with Crippen LogP contribution in [0.3, 0.4) is 0 Å². The molecule has 0 atom stereocenters. The minimum absolute atomic E-state index is 0.0751. The van der Waals surface area contributed by atoms with E-state index in [1.54, 1.807) is 26.3 Å². The lowest BCUT2D eigenvalue weighted by atomic mass is 10.0. The Morgan fingerprint density at radius 1 is 1.27 bits per heavy atom. The van der Waals surface area contributed by atoms with E-state index in [4.69, 9.17) is 0 Å². The predicted octanol–water partition coefficient (Wildman–Crippen LogP) is 3.35. The zero-order chi connectivity index (χ0) is 18.5. The molecule has 0 fully saturated rings. The van der Waals surface area contributed by atoms with Gasteiger partial charge in [-0.25, -0.2) is 0 Å². The van der Waals surface area contributed by atoms with Crippen LogP contribution < -0.4 is 5.32 Å². The summed E-state index contributed by atoms with van der Waals surface area (Å²) in [6.45, 7) is 2.88. The van der Waals surface area contributed by atoms with Crippen LogP contribution in [0.5, 0.6) is 0 Å². The molecule has 0 aliphatic carbocycles. The van der Waals surface area contributed by atoms with Crippen LogP contribution in [0.4, 0.5) is 5.00 Å². The van der Waals surface area contributed by atoms with Crippen molar-refractivity contribution in [3.05, 3.63) is 58.0 Å². The average Bonchev–Trinajstić information content (AvgIpc) is 2.97. The number of hydrogen-bond acceptors (Lipinski definition) is 4. The number of anilines is 1. The summed E-state index contributed by atoms with van der Waals surface area (Å²) >= 11 is 1.52. The molecule has 0 bridgehead atoms.